The Balaban J connectivity index is 2.20. The molecular formula is C17H22N2O. The van der Waals surface area contributed by atoms with Crippen LogP contribution < -0.4 is 0 Å². The van der Waals surface area contributed by atoms with E-state index >= 15 is 0 Å². The van der Waals surface area contributed by atoms with Crippen molar-refractivity contribution in [2.24, 2.45) is 13.0 Å². The Bertz CT molecular complexity index is 559. The molecule has 3 nitrogen and oxygen atoms in total. The number of Topliss-reactive ketones (excluding diaryl/α,β-unsaturated/α-hetero) is 1. The van der Waals surface area contributed by atoms with Crippen LogP contribution in [-0.4, -0.2) is 15.6 Å². The van der Waals surface area contributed by atoms with Crippen LogP contribution in [0.2, 0.25) is 0 Å². The third kappa shape index (κ3) is 3.35. The van der Waals surface area contributed by atoms with Gasteiger partial charge >= 0.3 is 0 Å². The van der Waals surface area contributed by atoms with Gasteiger partial charge in [-0.1, -0.05) is 50.6 Å². The molecule has 0 saturated heterocycles. The minimum absolute atomic E-state index is 0.0387. The van der Waals surface area contributed by atoms with Crippen molar-refractivity contribution in [2.75, 3.05) is 0 Å². The van der Waals surface area contributed by atoms with Gasteiger partial charge in [0.1, 0.15) is 5.78 Å². The number of hydrogen-bond donors (Lipinski definition) is 0. The minimum Gasteiger partial charge on any atom is -0.299 e. The van der Waals surface area contributed by atoms with Crippen LogP contribution in [0.15, 0.2) is 42.6 Å². The van der Waals surface area contributed by atoms with Gasteiger partial charge in [0.25, 0.3) is 0 Å². The number of benzene rings is 1. The van der Waals surface area contributed by atoms with Gasteiger partial charge in [0.2, 0.25) is 0 Å². The van der Waals surface area contributed by atoms with Crippen molar-refractivity contribution < 1.29 is 4.79 Å². The van der Waals surface area contributed by atoms with Crippen molar-refractivity contribution in [3.8, 4) is 0 Å². The Morgan fingerprint density at radius 1 is 1.25 bits per heavy atom. The van der Waals surface area contributed by atoms with Crippen molar-refractivity contribution in [3.63, 3.8) is 0 Å². The summed E-state index contributed by atoms with van der Waals surface area (Å²) < 4.78 is 1.74. The lowest BCUT2D eigenvalue weighted by atomic mass is 9.81. The molecule has 20 heavy (non-hydrogen) atoms. The number of carbonyl (C=O) groups is 1. The first-order chi connectivity index (χ1) is 9.61. The molecule has 2 unspecified atom stereocenters. The molecule has 0 radical (unpaired) electrons. The first-order valence-electron chi connectivity index (χ1n) is 7.18. The van der Waals surface area contributed by atoms with Crippen molar-refractivity contribution in [3.05, 3.63) is 53.9 Å². The van der Waals surface area contributed by atoms with Gasteiger partial charge in [-0.05, 0) is 17.5 Å². The molecule has 0 aliphatic carbocycles. The van der Waals surface area contributed by atoms with E-state index < -0.39 is 0 Å². The lowest BCUT2D eigenvalue weighted by Crippen LogP contribution is -2.21. The summed E-state index contributed by atoms with van der Waals surface area (Å²) in [6.07, 6.45) is 3.28. The second kappa shape index (κ2) is 6.51. The van der Waals surface area contributed by atoms with E-state index in [-0.39, 0.29) is 11.7 Å². The second-order valence-corrected chi connectivity index (χ2v) is 5.40. The van der Waals surface area contributed by atoms with Gasteiger partial charge in [0.05, 0.1) is 12.1 Å². The number of carbonyl (C=O) groups excluding carboxylic acids is 1. The SMILES string of the molecule is CCC(C)C(C(=O)Cc1ccn(C)n1)c1ccccc1. The number of hydrogen-bond acceptors (Lipinski definition) is 2. The lowest BCUT2D eigenvalue weighted by Gasteiger charge is -2.22. The first kappa shape index (κ1) is 14.5. The van der Waals surface area contributed by atoms with E-state index in [0.717, 1.165) is 17.7 Å². The van der Waals surface area contributed by atoms with Crippen LogP contribution in [0.5, 0.6) is 0 Å². The molecule has 1 aromatic carbocycles. The third-order valence-corrected chi connectivity index (χ3v) is 3.84. The summed E-state index contributed by atoms with van der Waals surface area (Å²) in [5.41, 5.74) is 1.96. The van der Waals surface area contributed by atoms with E-state index in [0.29, 0.717) is 12.3 Å². The van der Waals surface area contributed by atoms with E-state index in [1.54, 1.807) is 4.68 Å². The Hall–Kier alpha value is -1.90. The average molecular weight is 270 g/mol. The lowest BCUT2D eigenvalue weighted by molar-refractivity contribution is -0.121. The summed E-state index contributed by atoms with van der Waals surface area (Å²) in [7, 11) is 1.87. The number of rotatable bonds is 6. The molecule has 2 rings (SSSR count). The fraction of sp³-hybridized carbons (Fsp3) is 0.412. The maximum Gasteiger partial charge on any atom is 0.146 e. The van der Waals surface area contributed by atoms with Crippen molar-refractivity contribution in [1.29, 1.82) is 0 Å². The quantitative estimate of drug-likeness (QED) is 0.806. The molecule has 1 aromatic heterocycles. The Morgan fingerprint density at radius 3 is 2.50 bits per heavy atom. The van der Waals surface area contributed by atoms with Crippen molar-refractivity contribution in [2.45, 2.75) is 32.6 Å². The van der Waals surface area contributed by atoms with E-state index in [1.807, 2.05) is 49.6 Å². The molecule has 0 spiro atoms. The fourth-order valence-electron chi connectivity index (χ4n) is 2.57. The average Bonchev–Trinajstić information content (AvgIpc) is 2.85. The van der Waals surface area contributed by atoms with Crippen LogP contribution >= 0.6 is 0 Å². The summed E-state index contributed by atoms with van der Waals surface area (Å²) >= 11 is 0. The number of nitrogens with zero attached hydrogens (tertiary/aromatic N) is 2. The molecule has 0 fully saturated rings. The summed E-state index contributed by atoms with van der Waals surface area (Å²) in [4.78, 5) is 12.7. The molecule has 3 heteroatoms. The zero-order chi connectivity index (χ0) is 14.5. The van der Waals surface area contributed by atoms with Crippen molar-refractivity contribution >= 4 is 5.78 Å². The highest BCUT2D eigenvalue weighted by Crippen LogP contribution is 2.28. The highest BCUT2D eigenvalue weighted by Gasteiger charge is 2.26. The molecule has 0 N–H and O–H groups in total. The van der Waals surface area contributed by atoms with Crippen LogP contribution in [0.25, 0.3) is 0 Å². The summed E-state index contributed by atoms with van der Waals surface area (Å²) in [5.74, 6) is 0.557. The minimum atomic E-state index is -0.0387. The number of ketones is 1. The number of aryl methyl sites for hydroxylation is 1. The van der Waals surface area contributed by atoms with Crippen LogP contribution in [0.3, 0.4) is 0 Å². The van der Waals surface area contributed by atoms with E-state index in [1.165, 1.54) is 0 Å². The van der Waals surface area contributed by atoms with Gasteiger partial charge in [-0.15, -0.1) is 0 Å². The van der Waals surface area contributed by atoms with Gasteiger partial charge in [0.15, 0.2) is 0 Å². The molecule has 0 aliphatic rings. The molecule has 2 atom stereocenters. The Kier molecular flexibility index (Phi) is 4.72. The van der Waals surface area contributed by atoms with Gasteiger partial charge in [-0.3, -0.25) is 9.48 Å². The van der Waals surface area contributed by atoms with Crippen LogP contribution in [-0.2, 0) is 18.3 Å². The zero-order valence-corrected chi connectivity index (χ0v) is 12.4. The summed E-state index contributed by atoms with van der Waals surface area (Å²) in [6, 6.07) is 12.0. The molecule has 0 aliphatic heterocycles. The van der Waals surface area contributed by atoms with Crippen LogP contribution in [0, 0.1) is 5.92 Å². The van der Waals surface area contributed by atoms with Gasteiger partial charge in [-0.25, -0.2) is 0 Å². The fourth-order valence-corrected chi connectivity index (χ4v) is 2.57. The standard InChI is InChI=1S/C17H22N2O/c1-4-13(2)17(14-8-6-5-7-9-14)16(20)12-15-10-11-19(3)18-15/h5-11,13,17H,4,12H2,1-3H3. The predicted octanol–water partition coefficient (Wildman–Crippen LogP) is 3.36. The second-order valence-electron chi connectivity index (χ2n) is 5.40. The molecule has 106 valence electrons. The van der Waals surface area contributed by atoms with E-state index in [4.69, 9.17) is 0 Å². The van der Waals surface area contributed by atoms with Crippen LogP contribution in [0.4, 0.5) is 0 Å². The Morgan fingerprint density at radius 2 is 1.95 bits per heavy atom. The molecule has 1 heterocycles. The van der Waals surface area contributed by atoms with Gasteiger partial charge in [-0.2, -0.15) is 5.10 Å². The van der Waals surface area contributed by atoms with Gasteiger partial charge in [0, 0.05) is 19.2 Å². The van der Waals surface area contributed by atoms with E-state index in [2.05, 4.69) is 18.9 Å². The first-order valence-corrected chi connectivity index (χ1v) is 7.18. The highest BCUT2D eigenvalue weighted by molar-refractivity contribution is 5.87. The Labute approximate surface area is 120 Å². The topological polar surface area (TPSA) is 34.9 Å². The number of aromatic nitrogens is 2. The third-order valence-electron chi connectivity index (χ3n) is 3.84. The van der Waals surface area contributed by atoms with Crippen LogP contribution in [0.1, 0.15) is 37.4 Å². The molecular weight excluding hydrogens is 248 g/mol. The summed E-state index contributed by atoms with van der Waals surface area (Å²) in [5, 5.41) is 4.31. The smallest absolute Gasteiger partial charge is 0.146 e. The predicted molar refractivity (Wildman–Crippen MR) is 80.6 cm³/mol. The highest BCUT2D eigenvalue weighted by atomic mass is 16.1. The molecule has 0 bridgehead atoms. The summed E-state index contributed by atoms with van der Waals surface area (Å²) in [6.45, 7) is 4.28. The maximum atomic E-state index is 12.7. The van der Waals surface area contributed by atoms with Gasteiger partial charge < -0.3 is 0 Å². The zero-order valence-electron chi connectivity index (χ0n) is 12.4. The maximum absolute atomic E-state index is 12.7. The largest absolute Gasteiger partial charge is 0.299 e. The monoisotopic (exact) mass is 270 g/mol. The van der Waals surface area contributed by atoms with Crippen molar-refractivity contribution in [1.82, 2.24) is 9.78 Å². The normalized spacial score (nSPS) is 13.9. The van der Waals surface area contributed by atoms with E-state index in [9.17, 15) is 4.79 Å². The molecule has 2 aromatic rings. The molecule has 0 saturated carbocycles. The molecule has 0 amide bonds.